The molecule has 1 heterocycles. The number of aromatic nitrogens is 1. The summed E-state index contributed by atoms with van der Waals surface area (Å²) in [5.74, 6) is 0.546. The molecule has 2 aromatic carbocycles. The highest BCUT2D eigenvalue weighted by Gasteiger charge is 2.17. The van der Waals surface area contributed by atoms with E-state index in [2.05, 4.69) is 4.98 Å². The Bertz CT molecular complexity index is 899. The van der Waals surface area contributed by atoms with E-state index in [1.807, 2.05) is 0 Å². The van der Waals surface area contributed by atoms with E-state index in [0.717, 1.165) is 5.39 Å². The van der Waals surface area contributed by atoms with Crippen LogP contribution in [0.25, 0.3) is 10.9 Å². The highest BCUT2D eigenvalue weighted by atomic mass is 19.1. The van der Waals surface area contributed by atoms with E-state index in [4.69, 9.17) is 15.2 Å². The van der Waals surface area contributed by atoms with Crippen LogP contribution in [0.3, 0.4) is 0 Å². The molecule has 0 amide bonds. The van der Waals surface area contributed by atoms with Gasteiger partial charge in [-0.2, -0.15) is 0 Å². The van der Waals surface area contributed by atoms with E-state index in [-0.39, 0.29) is 5.56 Å². The molecule has 124 valence electrons. The third kappa shape index (κ3) is 2.83. The number of hydrogen-bond acceptors (Lipinski definition) is 5. The van der Waals surface area contributed by atoms with Crippen molar-refractivity contribution in [2.75, 3.05) is 20.0 Å². The maximum atomic E-state index is 14.0. The first-order valence-electron chi connectivity index (χ1n) is 7.29. The van der Waals surface area contributed by atoms with E-state index in [1.54, 1.807) is 31.4 Å². The van der Waals surface area contributed by atoms with Crippen molar-refractivity contribution in [3.05, 3.63) is 59.5 Å². The summed E-state index contributed by atoms with van der Waals surface area (Å²) in [7, 11) is 3.09. The number of fused-ring (bicyclic) bond motifs is 1. The number of rotatable bonds is 4. The van der Waals surface area contributed by atoms with Crippen molar-refractivity contribution >= 4 is 16.6 Å². The summed E-state index contributed by atoms with van der Waals surface area (Å²) in [6.45, 7) is 0. The first-order valence-corrected chi connectivity index (χ1v) is 7.29. The number of aliphatic hydroxyl groups excluding tert-OH is 1. The Morgan fingerprint density at radius 2 is 1.75 bits per heavy atom. The number of nitrogens with two attached hydrogens (primary N) is 1. The van der Waals surface area contributed by atoms with Gasteiger partial charge >= 0.3 is 0 Å². The smallest absolute Gasteiger partial charge is 0.162 e. The molecule has 0 saturated carbocycles. The van der Waals surface area contributed by atoms with Crippen LogP contribution in [-0.2, 0) is 0 Å². The number of nitrogens with zero attached hydrogens (tertiary/aromatic N) is 1. The molecule has 6 heteroatoms. The molecule has 0 aliphatic heterocycles. The molecule has 0 aliphatic rings. The summed E-state index contributed by atoms with van der Waals surface area (Å²) < 4.78 is 24.5. The van der Waals surface area contributed by atoms with Gasteiger partial charge in [0.15, 0.2) is 11.5 Å². The number of aliphatic hydroxyl groups is 1. The fourth-order valence-electron chi connectivity index (χ4n) is 2.54. The molecule has 0 saturated heterocycles. The highest BCUT2D eigenvalue weighted by molar-refractivity contribution is 5.83. The molecule has 1 aromatic heterocycles. The normalized spacial score (nSPS) is 12.2. The molecule has 24 heavy (non-hydrogen) atoms. The largest absolute Gasteiger partial charge is 0.493 e. The zero-order valence-corrected chi connectivity index (χ0v) is 13.3. The fourth-order valence-corrected chi connectivity index (χ4v) is 2.54. The van der Waals surface area contributed by atoms with Crippen LogP contribution in [0.15, 0.2) is 42.5 Å². The van der Waals surface area contributed by atoms with Gasteiger partial charge in [0.25, 0.3) is 0 Å². The lowest BCUT2D eigenvalue weighted by Gasteiger charge is -2.14. The van der Waals surface area contributed by atoms with Crippen molar-refractivity contribution in [1.29, 1.82) is 0 Å². The van der Waals surface area contributed by atoms with Crippen LogP contribution in [-0.4, -0.2) is 24.3 Å². The Morgan fingerprint density at radius 3 is 2.42 bits per heavy atom. The van der Waals surface area contributed by atoms with Crippen molar-refractivity contribution in [2.24, 2.45) is 0 Å². The maximum absolute atomic E-state index is 14.0. The summed E-state index contributed by atoms with van der Waals surface area (Å²) in [4.78, 5) is 4.42. The minimum absolute atomic E-state index is 0.122. The molecule has 0 radical (unpaired) electrons. The molecule has 3 aromatic rings. The van der Waals surface area contributed by atoms with Gasteiger partial charge in [-0.25, -0.2) is 9.37 Å². The average Bonchev–Trinajstić information content (AvgIpc) is 2.59. The second-order valence-corrected chi connectivity index (χ2v) is 5.32. The van der Waals surface area contributed by atoms with Crippen molar-refractivity contribution in [1.82, 2.24) is 4.98 Å². The third-order valence-electron chi connectivity index (χ3n) is 3.82. The van der Waals surface area contributed by atoms with Gasteiger partial charge in [-0.15, -0.1) is 0 Å². The second kappa shape index (κ2) is 6.33. The highest BCUT2D eigenvalue weighted by Crippen LogP contribution is 2.33. The zero-order chi connectivity index (χ0) is 17.3. The minimum atomic E-state index is -1.19. The van der Waals surface area contributed by atoms with Gasteiger partial charge in [-0.05, 0) is 24.3 Å². The monoisotopic (exact) mass is 328 g/mol. The number of benzene rings is 2. The lowest BCUT2D eigenvalue weighted by Crippen LogP contribution is -2.05. The summed E-state index contributed by atoms with van der Waals surface area (Å²) in [6.07, 6.45) is -1.19. The summed E-state index contributed by atoms with van der Waals surface area (Å²) in [6, 6.07) is 11.1. The number of hydrogen-bond donors (Lipinski definition) is 2. The first-order chi connectivity index (χ1) is 11.5. The third-order valence-corrected chi connectivity index (χ3v) is 3.82. The topological polar surface area (TPSA) is 77.6 Å². The lowest BCUT2D eigenvalue weighted by molar-refractivity contribution is 0.210. The van der Waals surface area contributed by atoms with E-state index in [9.17, 15) is 9.50 Å². The van der Waals surface area contributed by atoms with Crippen LogP contribution in [0.5, 0.6) is 11.5 Å². The van der Waals surface area contributed by atoms with Gasteiger partial charge in [0.2, 0.25) is 0 Å². The van der Waals surface area contributed by atoms with Crippen molar-refractivity contribution < 1.29 is 19.0 Å². The van der Waals surface area contributed by atoms with E-state index < -0.39 is 11.9 Å². The fraction of sp³-hybridized carbons (Fsp3) is 0.167. The molecular formula is C18H17FN2O3. The number of pyridine rings is 1. The molecule has 0 aliphatic carbocycles. The number of halogens is 1. The number of anilines is 1. The van der Waals surface area contributed by atoms with Gasteiger partial charge in [0.05, 0.1) is 25.4 Å². The van der Waals surface area contributed by atoms with E-state index in [1.165, 1.54) is 25.3 Å². The molecule has 3 rings (SSSR count). The van der Waals surface area contributed by atoms with Crippen molar-refractivity contribution in [3.63, 3.8) is 0 Å². The second-order valence-electron chi connectivity index (χ2n) is 5.32. The number of nitrogen functional groups attached to an aromatic ring is 1. The first kappa shape index (κ1) is 16.0. The Morgan fingerprint density at radius 1 is 1.04 bits per heavy atom. The van der Waals surface area contributed by atoms with Crippen LogP contribution < -0.4 is 15.2 Å². The quantitative estimate of drug-likeness (QED) is 0.720. The Hall–Kier alpha value is -2.86. The molecule has 0 bridgehead atoms. The van der Waals surface area contributed by atoms with Crippen LogP contribution in [0.2, 0.25) is 0 Å². The standard InChI is InChI=1S/C18H17FN2O3/c1-23-16-7-10-3-6-14(21-15(10)9-17(16)24-2)18(22)12-5-4-11(20)8-13(12)19/h3-9,18,22H,20H2,1-2H3. The summed E-state index contributed by atoms with van der Waals surface area (Å²) in [5.41, 5.74) is 6.90. The molecule has 5 nitrogen and oxygen atoms in total. The van der Waals surface area contributed by atoms with Crippen LogP contribution in [0.4, 0.5) is 10.1 Å². The summed E-state index contributed by atoms with van der Waals surface area (Å²) >= 11 is 0. The minimum Gasteiger partial charge on any atom is -0.493 e. The lowest BCUT2D eigenvalue weighted by atomic mass is 10.0. The van der Waals surface area contributed by atoms with Gasteiger partial charge in [-0.3, -0.25) is 0 Å². The Kier molecular flexibility index (Phi) is 4.22. The van der Waals surface area contributed by atoms with Gasteiger partial charge in [-0.1, -0.05) is 12.1 Å². The Balaban J connectivity index is 2.06. The Labute approximate surface area is 138 Å². The molecule has 1 unspecified atom stereocenters. The maximum Gasteiger partial charge on any atom is 0.162 e. The summed E-state index contributed by atoms with van der Waals surface area (Å²) in [5, 5.41) is 11.3. The van der Waals surface area contributed by atoms with Gasteiger partial charge < -0.3 is 20.3 Å². The molecule has 0 spiro atoms. The van der Waals surface area contributed by atoms with E-state index >= 15 is 0 Å². The van der Waals surface area contributed by atoms with Crippen LogP contribution in [0.1, 0.15) is 17.4 Å². The molecule has 1 atom stereocenters. The van der Waals surface area contributed by atoms with Gasteiger partial charge in [0.1, 0.15) is 11.9 Å². The molecule has 3 N–H and O–H groups in total. The predicted molar refractivity (Wildman–Crippen MR) is 89.7 cm³/mol. The van der Waals surface area contributed by atoms with Crippen LogP contribution >= 0.6 is 0 Å². The zero-order valence-electron chi connectivity index (χ0n) is 13.3. The van der Waals surface area contributed by atoms with Gasteiger partial charge in [0, 0.05) is 22.7 Å². The predicted octanol–water partition coefficient (Wildman–Crippen LogP) is 3.06. The van der Waals surface area contributed by atoms with Crippen molar-refractivity contribution in [3.8, 4) is 11.5 Å². The average molecular weight is 328 g/mol. The number of ether oxygens (including phenoxy) is 2. The SMILES string of the molecule is COc1cc2ccc(C(O)c3ccc(N)cc3F)nc2cc1OC. The van der Waals surface area contributed by atoms with Crippen LogP contribution in [0, 0.1) is 5.82 Å². The van der Waals surface area contributed by atoms with E-state index in [0.29, 0.717) is 28.4 Å². The number of methoxy groups -OCH3 is 2. The van der Waals surface area contributed by atoms with Crippen molar-refractivity contribution in [2.45, 2.75) is 6.10 Å². The molecular weight excluding hydrogens is 311 g/mol. The molecule has 0 fully saturated rings.